The Morgan fingerprint density at radius 1 is 1.15 bits per heavy atom. The van der Waals surface area contributed by atoms with Crippen molar-refractivity contribution in [2.24, 2.45) is 13.0 Å². The van der Waals surface area contributed by atoms with Crippen molar-refractivity contribution < 1.29 is 14.3 Å². The molecule has 0 aliphatic carbocycles. The van der Waals surface area contributed by atoms with E-state index in [1.165, 1.54) is 11.3 Å². The van der Waals surface area contributed by atoms with Gasteiger partial charge in [0, 0.05) is 41.6 Å². The number of ether oxygens (including phenoxy) is 1. The van der Waals surface area contributed by atoms with Crippen molar-refractivity contribution in [1.29, 1.82) is 0 Å². The van der Waals surface area contributed by atoms with E-state index in [0.717, 1.165) is 58.0 Å². The second-order valence-corrected chi connectivity index (χ2v) is 11.2. The van der Waals surface area contributed by atoms with Crippen LogP contribution in [-0.2, 0) is 7.05 Å². The number of nitrogens with two attached hydrogens (primary N) is 1. The molecular weight excluding hydrogens is 536 g/mol. The van der Waals surface area contributed by atoms with Gasteiger partial charge in [0.15, 0.2) is 0 Å². The first-order valence-electron chi connectivity index (χ1n) is 13.6. The Bertz CT molecular complexity index is 1770. The van der Waals surface area contributed by atoms with Crippen molar-refractivity contribution in [1.82, 2.24) is 20.2 Å². The number of rotatable bonds is 7. The summed E-state index contributed by atoms with van der Waals surface area (Å²) >= 11 is 1.46. The number of carbonyl (C=O) groups excluding carboxylic acids is 2. The molecule has 10 heteroatoms. The summed E-state index contributed by atoms with van der Waals surface area (Å²) in [5.74, 6) is 0.973. The van der Waals surface area contributed by atoms with Crippen LogP contribution in [0.25, 0.3) is 32.1 Å². The van der Waals surface area contributed by atoms with Crippen LogP contribution in [0, 0.1) is 5.92 Å². The lowest BCUT2D eigenvalue weighted by Crippen LogP contribution is -2.36. The van der Waals surface area contributed by atoms with Gasteiger partial charge in [-0.3, -0.25) is 9.59 Å². The van der Waals surface area contributed by atoms with Gasteiger partial charge in [0.05, 0.1) is 23.1 Å². The Kier molecular flexibility index (Phi) is 7.34. The summed E-state index contributed by atoms with van der Waals surface area (Å²) in [7, 11) is 3.44. The van der Waals surface area contributed by atoms with Crippen LogP contribution in [0.5, 0.6) is 5.75 Å². The number of nitrogens with zero attached hydrogens (tertiary/aromatic N) is 2. The Morgan fingerprint density at radius 3 is 2.73 bits per heavy atom. The van der Waals surface area contributed by atoms with Gasteiger partial charge in [-0.05, 0) is 67.1 Å². The largest absolute Gasteiger partial charge is 0.495 e. The van der Waals surface area contributed by atoms with E-state index in [1.54, 1.807) is 13.3 Å². The number of carbonyl (C=O) groups is 2. The first kappa shape index (κ1) is 26.8. The fraction of sp³-hybridized carbons (Fsp3) is 0.258. The van der Waals surface area contributed by atoms with Crippen molar-refractivity contribution in [2.45, 2.75) is 12.8 Å². The number of thiophene rings is 1. The van der Waals surface area contributed by atoms with Gasteiger partial charge in [-0.1, -0.05) is 24.3 Å². The predicted octanol–water partition coefficient (Wildman–Crippen LogP) is 5.03. The number of nitrogen functional groups attached to an aromatic ring is 1. The third kappa shape index (κ3) is 5.12. The highest BCUT2D eigenvalue weighted by molar-refractivity contribution is 7.18. The number of nitrogens with one attached hydrogen (secondary N) is 3. The number of benzene rings is 2. The van der Waals surface area contributed by atoms with Gasteiger partial charge in [-0.25, -0.2) is 4.98 Å². The molecule has 0 spiro atoms. The van der Waals surface area contributed by atoms with Crippen LogP contribution in [0.3, 0.4) is 0 Å². The fourth-order valence-corrected chi connectivity index (χ4v) is 6.61. The summed E-state index contributed by atoms with van der Waals surface area (Å²) in [5, 5.41) is 13.2. The normalized spacial score (nSPS) is 13.9. The van der Waals surface area contributed by atoms with Crippen LogP contribution in [0.1, 0.15) is 33.7 Å². The van der Waals surface area contributed by atoms with Gasteiger partial charge < -0.3 is 31.0 Å². The summed E-state index contributed by atoms with van der Waals surface area (Å²) in [6.45, 7) is 2.61. The number of fused-ring (bicyclic) bond motifs is 2. The summed E-state index contributed by atoms with van der Waals surface area (Å²) < 4.78 is 8.34. The maximum absolute atomic E-state index is 13.2. The number of aromatic nitrogens is 2. The predicted molar refractivity (Wildman–Crippen MR) is 165 cm³/mol. The van der Waals surface area contributed by atoms with E-state index in [9.17, 15) is 9.59 Å². The molecule has 9 nitrogen and oxygen atoms in total. The van der Waals surface area contributed by atoms with Crippen molar-refractivity contribution in [3.63, 3.8) is 0 Å². The Hall–Kier alpha value is -4.41. The fourth-order valence-electron chi connectivity index (χ4n) is 5.52. The zero-order chi connectivity index (χ0) is 28.5. The highest BCUT2D eigenvalue weighted by atomic mass is 32.1. The number of para-hydroxylation sites is 1. The molecule has 5 N–H and O–H groups in total. The molecule has 2 amide bonds. The molecule has 0 radical (unpaired) electrons. The molecule has 6 rings (SSSR count). The van der Waals surface area contributed by atoms with Crippen LogP contribution in [0.4, 0.5) is 11.5 Å². The minimum atomic E-state index is -0.232. The molecule has 3 aromatic heterocycles. The molecule has 0 atom stereocenters. The first-order valence-corrected chi connectivity index (χ1v) is 14.5. The summed E-state index contributed by atoms with van der Waals surface area (Å²) in [4.78, 5) is 30.7. The number of aryl methyl sites for hydroxylation is 1. The molecule has 2 aromatic carbocycles. The number of amides is 2. The van der Waals surface area contributed by atoms with Gasteiger partial charge >= 0.3 is 0 Å². The maximum Gasteiger partial charge on any atom is 0.272 e. The average molecular weight is 569 g/mol. The Morgan fingerprint density at radius 2 is 1.95 bits per heavy atom. The van der Waals surface area contributed by atoms with Crippen molar-refractivity contribution in [3.05, 3.63) is 71.4 Å². The van der Waals surface area contributed by atoms with Gasteiger partial charge in [-0.15, -0.1) is 11.3 Å². The molecular formula is C31H32N6O3S. The van der Waals surface area contributed by atoms with E-state index in [0.29, 0.717) is 41.0 Å². The van der Waals surface area contributed by atoms with E-state index >= 15 is 0 Å². The van der Waals surface area contributed by atoms with Gasteiger partial charge in [-0.2, -0.15) is 0 Å². The molecule has 0 unspecified atom stereocenters. The van der Waals surface area contributed by atoms with Crippen LogP contribution in [0.2, 0.25) is 0 Å². The lowest BCUT2D eigenvalue weighted by Gasteiger charge is -2.22. The topological polar surface area (TPSA) is 123 Å². The quantitative estimate of drug-likeness (QED) is 0.218. The summed E-state index contributed by atoms with van der Waals surface area (Å²) in [5.41, 5.74) is 10.6. The van der Waals surface area contributed by atoms with Gasteiger partial charge in [0.25, 0.3) is 11.8 Å². The zero-order valence-corrected chi connectivity index (χ0v) is 23.8. The molecule has 1 aliphatic heterocycles. The van der Waals surface area contributed by atoms with E-state index in [1.807, 2.05) is 65.5 Å². The lowest BCUT2D eigenvalue weighted by atomic mass is 9.98. The Labute approximate surface area is 241 Å². The van der Waals surface area contributed by atoms with Crippen molar-refractivity contribution >= 4 is 55.6 Å². The zero-order valence-electron chi connectivity index (χ0n) is 23.0. The molecule has 5 aromatic rings. The number of hydrogen-bond donors (Lipinski definition) is 4. The summed E-state index contributed by atoms with van der Waals surface area (Å²) in [6.07, 6.45) is 3.67. The highest BCUT2D eigenvalue weighted by Gasteiger charge is 2.21. The van der Waals surface area contributed by atoms with Crippen LogP contribution in [-0.4, -0.2) is 48.1 Å². The number of anilines is 2. The van der Waals surface area contributed by atoms with E-state index in [-0.39, 0.29) is 11.8 Å². The monoisotopic (exact) mass is 568 g/mol. The van der Waals surface area contributed by atoms with E-state index in [2.05, 4.69) is 20.9 Å². The maximum atomic E-state index is 13.2. The average Bonchev–Trinajstić information content (AvgIpc) is 3.59. The minimum absolute atomic E-state index is 0.140. The second kappa shape index (κ2) is 11.2. The molecule has 0 saturated carbocycles. The van der Waals surface area contributed by atoms with Gasteiger partial charge in [0.1, 0.15) is 17.3 Å². The van der Waals surface area contributed by atoms with Crippen LogP contribution < -0.4 is 26.4 Å². The second-order valence-electron chi connectivity index (χ2n) is 10.3. The number of pyridine rings is 1. The lowest BCUT2D eigenvalue weighted by molar-refractivity contribution is 0.0945. The number of methoxy groups -OCH3 is 1. The minimum Gasteiger partial charge on any atom is -0.495 e. The highest BCUT2D eigenvalue weighted by Crippen LogP contribution is 2.41. The third-order valence-electron chi connectivity index (χ3n) is 7.82. The number of hydrogen-bond acceptors (Lipinski definition) is 7. The molecule has 41 heavy (non-hydrogen) atoms. The standard InChI is InChI=1S/C31H32N6O3S/c1-37-24-6-4-3-5-20(24)13-25(37)31(39)36-23-8-7-19(14-26(23)40-2)22-17-41-28-21(16-34-29(32)27(22)28)30(38)35-15-18-9-11-33-12-10-18/h3-8,13-14,16-18,33H,9-12,15H2,1-2H3,(H2,32,34)(H,35,38)(H,36,39). The third-order valence-corrected chi connectivity index (χ3v) is 8.84. The van der Waals surface area contributed by atoms with Crippen LogP contribution in [0.15, 0.2) is 60.1 Å². The molecule has 210 valence electrons. The molecule has 1 saturated heterocycles. The smallest absolute Gasteiger partial charge is 0.272 e. The Balaban J connectivity index is 1.27. The van der Waals surface area contributed by atoms with Gasteiger partial charge in [0.2, 0.25) is 0 Å². The molecule has 1 fully saturated rings. The summed E-state index contributed by atoms with van der Waals surface area (Å²) in [6, 6.07) is 15.3. The van der Waals surface area contributed by atoms with E-state index < -0.39 is 0 Å². The molecule has 0 bridgehead atoms. The van der Waals surface area contributed by atoms with Crippen LogP contribution >= 0.6 is 11.3 Å². The molecule has 1 aliphatic rings. The van der Waals surface area contributed by atoms with Crippen molar-refractivity contribution in [2.75, 3.05) is 37.8 Å². The van der Waals surface area contributed by atoms with Crippen molar-refractivity contribution in [3.8, 4) is 16.9 Å². The SMILES string of the molecule is COc1cc(-c2csc3c(C(=O)NCC4CCNCC4)cnc(N)c23)ccc1NC(=O)c1cc2ccccc2n1C. The van der Waals surface area contributed by atoms with E-state index in [4.69, 9.17) is 10.5 Å². The molecule has 4 heterocycles. The number of piperidine rings is 1. The first-order chi connectivity index (χ1) is 19.9.